The monoisotopic (exact) mass is 268 g/mol. The molecule has 2 heteroatoms. The third-order valence-corrected chi connectivity index (χ3v) is 4.70. The lowest BCUT2D eigenvalue weighted by molar-refractivity contribution is 0.221. The van der Waals surface area contributed by atoms with Crippen molar-refractivity contribution in [2.75, 3.05) is 19.6 Å². The van der Waals surface area contributed by atoms with E-state index in [0.29, 0.717) is 6.04 Å². The predicted molar refractivity (Wildman–Crippen MR) is 85.6 cm³/mol. The molecule has 0 aromatic heterocycles. The molecule has 114 valence electrons. The molecule has 1 fully saturated rings. The van der Waals surface area contributed by atoms with Crippen LogP contribution >= 0.6 is 0 Å². The second-order valence-corrected chi connectivity index (χ2v) is 6.85. The highest BCUT2D eigenvalue weighted by molar-refractivity contribution is 4.81. The minimum atomic E-state index is 0.679. The number of rotatable bonds is 8. The molecule has 0 saturated heterocycles. The van der Waals surface area contributed by atoms with Gasteiger partial charge in [-0.15, -0.1) is 0 Å². The summed E-state index contributed by atoms with van der Waals surface area (Å²) in [6.07, 6.45) is 6.83. The topological polar surface area (TPSA) is 15.3 Å². The van der Waals surface area contributed by atoms with Crippen LogP contribution in [0.25, 0.3) is 0 Å². The van der Waals surface area contributed by atoms with Crippen molar-refractivity contribution < 1.29 is 0 Å². The summed E-state index contributed by atoms with van der Waals surface area (Å²) < 4.78 is 0. The smallest absolute Gasteiger partial charge is 0.00746 e. The summed E-state index contributed by atoms with van der Waals surface area (Å²) in [7, 11) is 0. The van der Waals surface area contributed by atoms with Gasteiger partial charge in [-0.1, -0.05) is 27.7 Å². The minimum Gasteiger partial charge on any atom is -0.311 e. The lowest BCUT2D eigenvalue weighted by Crippen LogP contribution is -2.41. The Labute approximate surface area is 121 Å². The Hall–Kier alpha value is -0.0800. The number of nitrogens with one attached hydrogen (secondary N) is 1. The van der Waals surface area contributed by atoms with E-state index < -0.39 is 0 Å². The zero-order chi connectivity index (χ0) is 14.3. The van der Waals surface area contributed by atoms with Crippen LogP contribution in [0, 0.1) is 11.8 Å². The van der Waals surface area contributed by atoms with Gasteiger partial charge in [-0.3, -0.25) is 0 Å². The molecule has 3 atom stereocenters. The van der Waals surface area contributed by atoms with E-state index >= 15 is 0 Å². The molecular formula is C17H36N2. The highest BCUT2D eigenvalue weighted by atomic mass is 15.1. The molecule has 1 aliphatic carbocycles. The first-order valence-electron chi connectivity index (χ1n) is 8.53. The van der Waals surface area contributed by atoms with Gasteiger partial charge in [0.05, 0.1) is 0 Å². The Morgan fingerprint density at radius 3 is 2.16 bits per heavy atom. The molecule has 0 radical (unpaired) electrons. The SMILES string of the molecule is CCN(CC)CCCC(C)NC1CC(C)CC(C)C1. The fraction of sp³-hybridized carbons (Fsp3) is 1.00. The van der Waals surface area contributed by atoms with Gasteiger partial charge in [-0.25, -0.2) is 0 Å². The standard InChI is InChI=1S/C17H36N2/c1-6-19(7-2)10-8-9-16(5)18-17-12-14(3)11-15(4)13-17/h14-18H,6-13H2,1-5H3. The van der Waals surface area contributed by atoms with Crippen molar-refractivity contribution in [2.24, 2.45) is 11.8 Å². The number of nitrogens with zero attached hydrogens (tertiary/aromatic N) is 1. The highest BCUT2D eigenvalue weighted by Gasteiger charge is 2.24. The molecule has 0 spiro atoms. The van der Waals surface area contributed by atoms with Crippen LogP contribution in [0.4, 0.5) is 0 Å². The minimum absolute atomic E-state index is 0.679. The Kier molecular flexibility index (Phi) is 8.01. The predicted octanol–water partition coefficient (Wildman–Crippen LogP) is 3.91. The van der Waals surface area contributed by atoms with Crippen LogP contribution < -0.4 is 5.32 Å². The fourth-order valence-corrected chi connectivity index (χ4v) is 3.73. The largest absolute Gasteiger partial charge is 0.311 e. The van der Waals surface area contributed by atoms with Gasteiger partial charge in [0.1, 0.15) is 0 Å². The third-order valence-electron chi connectivity index (χ3n) is 4.70. The zero-order valence-corrected chi connectivity index (χ0v) is 13.9. The second-order valence-electron chi connectivity index (χ2n) is 6.85. The summed E-state index contributed by atoms with van der Waals surface area (Å²) >= 11 is 0. The van der Waals surface area contributed by atoms with Crippen molar-refractivity contribution in [3.8, 4) is 0 Å². The summed E-state index contributed by atoms with van der Waals surface area (Å²) in [6.45, 7) is 15.4. The van der Waals surface area contributed by atoms with Crippen LogP contribution in [0.1, 0.15) is 66.7 Å². The van der Waals surface area contributed by atoms with Crippen LogP contribution in [0.3, 0.4) is 0 Å². The van der Waals surface area contributed by atoms with Crippen molar-refractivity contribution in [1.82, 2.24) is 10.2 Å². The molecule has 1 saturated carbocycles. The van der Waals surface area contributed by atoms with E-state index in [-0.39, 0.29) is 0 Å². The molecule has 0 amide bonds. The molecule has 0 bridgehead atoms. The van der Waals surface area contributed by atoms with Crippen LogP contribution in [0.15, 0.2) is 0 Å². The molecule has 0 aromatic rings. The Balaban J connectivity index is 2.18. The quantitative estimate of drug-likeness (QED) is 0.718. The fourth-order valence-electron chi connectivity index (χ4n) is 3.73. The molecule has 0 aromatic carbocycles. The molecule has 3 unspecified atom stereocenters. The molecule has 0 heterocycles. The summed E-state index contributed by atoms with van der Waals surface area (Å²) in [5.41, 5.74) is 0. The van der Waals surface area contributed by atoms with Gasteiger partial charge in [0.2, 0.25) is 0 Å². The number of hydrogen-bond donors (Lipinski definition) is 1. The van der Waals surface area contributed by atoms with Gasteiger partial charge in [0, 0.05) is 12.1 Å². The van der Waals surface area contributed by atoms with Crippen LogP contribution in [-0.4, -0.2) is 36.6 Å². The lowest BCUT2D eigenvalue weighted by atomic mass is 9.80. The summed E-state index contributed by atoms with van der Waals surface area (Å²) in [4.78, 5) is 2.53. The lowest BCUT2D eigenvalue weighted by Gasteiger charge is -2.34. The highest BCUT2D eigenvalue weighted by Crippen LogP contribution is 2.28. The molecular weight excluding hydrogens is 232 g/mol. The van der Waals surface area contributed by atoms with Crippen LogP contribution in [0.5, 0.6) is 0 Å². The summed E-state index contributed by atoms with van der Waals surface area (Å²) in [5, 5.41) is 3.87. The van der Waals surface area contributed by atoms with Gasteiger partial charge < -0.3 is 10.2 Å². The normalized spacial score (nSPS) is 29.7. The van der Waals surface area contributed by atoms with Crippen molar-refractivity contribution in [3.63, 3.8) is 0 Å². The summed E-state index contributed by atoms with van der Waals surface area (Å²) in [6, 6.07) is 1.44. The van der Waals surface area contributed by atoms with Crippen LogP contribution in [-0.2, 0) is 0 Å². The van der Waals surface area contributed by atoms with Crippen LogP contribution in [0.2, 0.25) is 0 Å². The number of hydrogen-bond acceptors (Lipinski definition) is 2. The summed E-state index contributed by atoms with van der Waals surface area (Å²) in [5.74, 6) is 1.81. The van der Waals surface area contributed by atoms with Crippen molar-refractivity contribution >= 4 is 0 Å². The zero-order valence-electron chi connectivity index (χ0n) is 13.9. The third kappa shape index (κ3) is 6.76. The van der Waals surface area contributed by atoms with E-state index in [1.165, 1.54) is 51.7 Å². The maximum Gasteiger partial charge on any atom is 0.00746 e. The average molecular weight is 268 g/mol. The van der Waals surface area contributed by atoms with Gasteiger partial charge >= 0.3 is 0 Å². The maximum atomic E-state index is 3.87. The molecule has 1 aliphatic rings. The molecule has 19 heavy (non-hydrogen) atoms. The van der Waals surface area contributed by atoms with E-state index in [2.05, 4.69) is 44.8 Å². The van der Waals surface area contributed by atoms with E-state index in [4.69, 9.17) is 0 Å². The van der Waals surface area contributed by atoms with Gasteiger partial charge in [0.15, 0.2) is 0 Å². The Morgan fingerprint density at radius 1 is 1.05 bits per heavy atom. The molecule has 2 nitrogen and oxygen atoms in total. The van der Waals surface area contributed by atoms with E-state index in [9.17, 15) is 0 Å². The first kappa shape index (κ1) is 17.0. The average Bonchev–Trinajstić information content (AvgIpc) is 2.33. The first-order valence-corrected chi connectivity index (χ1v) is 8.53. The van der Waals surface area contributed by atoms with E-state index in [0.717, 1.165) is 17.9 Å². The van der Waals surface area contributed by atoms with Crippen molar-refractivity contribution in [2.45, 2.75) is 78.8 Å². The first-order chi connectivity index (χ1) is 9.05. The van der Waals surface area contributed by atoms with E-state index in [1.54, 1.807) is 0 Å². The van der Waals surface area contributed by atoms with Gasteiger partial charge in [-0.2, -0.15) is 0 Å². The maximum absolute atomic E-state index is 3.87. The van der Waals surface area contributed by atoms with E-state index in [1.807, 2.05) is 0 Å². The molecule has 1 N–H and O–H groups in total. The Morgan fingerprint density at radius 2 is 1.63 bits per heavy atom. The molecule has 0 aliphatic heterocycles. The van der Waals surface area contributed by atoms with Gasteiger partial charge in [0.25, 0.3) is 0 Å². The van der Waals surface area contributed by atoms with Crippen molar-refractivity contribution in [1.29, 1.82) is 0 Å². The molecule has 1 rings (SSSR count). The van der Waals surface area contributed by atoms with Gasteiger partial charge in [-0.05, 0) is 70.5 Å². The Bertz CT molecular complexity index is 215. The van der Waals surface area contributed by atoms with Crippen molar-refractivity contribution in [3.05, 3.63) is 0 Å². The second kappa shape index (κ2) is 8.97.